The van der Waals surface area contributed by atoms with Crippen molar-refractivity contribution in [3.05, 3.63) is 24.8 Å². The van der Waals surface area contributed by atoms with E-state index in [9.17, 15) is 4.79 Å². The number of hydrogen-bond acceptors (Lipinski definition) is 2. The first kappa shape index (κ1) is 20.9. The van der Waals surface area contributed by atoms with Crippen LogP contribution in [0, 0.1) is 0 Å². The van der Waals surface area contributed by atoms with Crippen molar-refractivity contribution in [3.8, 4) is 0 Å². The highest BCUT2D eigenvalue weighted by atomic mass is 16.5. The van der Waals surface area contributed by atoms with E-state index < -0.39 is 0 Å². The second-order valence-corrected chi connectivity index (χ2v) is 6.09. The monoisotopic (exact) mass is 308 g/mol. The fourth-order valence-electron chi connectivity index (χ4n) is 2.65. The predicted molar refractivity (Wildman–Crippen MR) is 96.0 cm³/mol. The molecule has 0 aliphatic carbocycles. The van der Waals surface area contributed by atoms with Gasteiger partial charge in [-0.15, -0.1) is 0 Å². The number of carbonyl (C=O) groups excluding carboxylic acids is 1. The molecule has 0 aromatic rings. The maximum Gasteiger partial charge on any atom is 0.302 e. The Balaban J connectivity index is 3.71. The SMILES string of the molecule is C=CC=CCCCCC(CCCCCCCCC)OC(C)=O. The highest BCUT2D eigenvalue weighted by Crippen LogP contribution is 2.16. The molecular formula is C20H36O2. The average Bonchev–Trinajstić information content (AvgIpc) is 2.49. The molecule has 0 aliphatic heterocycles. The fraction of sp³-hybridized carbons (Fsp3) is 0.750. The third-order valence-electron chi connectivity index (χ3n) is 3.88. The third kappa shape index (κ3) is 15.3. The summed E-state index contributed by atoms with van der Waals surface area (Å²) in [6.45, 7) is 7.43. The van der Waals surface area contributed by atoms with E-state index in [-0.39, 0.29) is 12.1 Å². The minimum atomic E-state index is -0.139. The Labute approximate surface area is 138 Å². The van der Waals surface area contributed by atoms with Crippen molar-refractivity contribution in [1.29, 1.82) is 0 Å². The van der Waals surface area contributed by atoms with E-state index in [1.807, 2.05) is 12.2 Å². The fourth-order valence-corrected chi connectivity index (χ4v) is 2.65. The molecule has 0 N–H and O–H groups in total. The van der Waals surface area contributed by atoms with Crippen LogP contribution < -0.4 is 0 Å². The molecule has 0 aromatic carbocycles. The van der Waals surface area contributed by atoms with Crippen LogP contribution >= 0.6 is 0 Å². The number of hydrogen-bond donors (Lipinski definition) is 0. The van der Waals surface area contributed by atoms with E-state index in [1.165, 1.54) is 51.9 Å². The summed E-state index contributed by atoms with van der Waals surface area (Å²) in [4.78, 5) is 11.2. The largest absolute Gasteiger partial charge is 0.463 e. The quantitative estimate of drug-likeness (QED) is 0.200. The van der Waals surface area contributed by atoms with Gasteiger partial charge in [0.05, 0.1) is 0 Å². The molecule has 0 rings (SSSR count). The second-order valence-electron chi connectivity index (χ2n) is 6.09. The maximum atomic E-state index is 11.2. The standard InChI is InChI=1S/C20H36O2/c1-4-6-8-10-12-14-16-18-20(22-19(3)21)17-15-13-11-9-7-5-2/h5,7,9,20H,2,4,6,8,10-18H2,1,3H3. The molecule has 22 heavy (non-hydrogen) atoms. The van der Waals surface area contributed by atoms with E-state index in [0.29, 0.717) is 0 Å². The van der Waals surface area contributed by atoms with Gasteiger partial charge < -0.3 is 4.74 Å². The summed E-state index contributed by atoms with van der Waals surface area (Å²) in [6.07, 6.45) is 20.6. The maximum absolute atomic E-state index is 11.2. The van der Waals surface area contributed by atoms with Crippen molar-refractivity contribution in [2.24, 2.45) is 0 Å². The van der Waals surface area contributed by atoms with Gasteiger partial charge >= 0.3 is 5.97 Å². The van der Waals surface area contributed by atoms with E-state index >= 15 is 0 Å². The molecule has 0 bridgehead atoms. The molecule has 0 aromatic heterocycles. The molecule has 0 amide bonds. The lowest BCUT2D eigenvalue weighted by atomic mass is 10.0. The Bertz CT molecular complexity index is 294. The normalized spacial score (nSPS) is 12.5. The van der Waals surface area contributed by atoms with Crippen LogP contribution in [0.5, 0.6) is 0 Å². The first-order valence-electron chi connectivity index (χ1n) is 9.15. The van der Waals surface area contributed by atoms with Gasteiger partial charge in [-0.3, -0.25) is 4.79 Å². The Morgan fingerprint density at radius 1 is 1.00 bits per heavy atom. The molecule has 0 heterocycles. The number of unbranched alkanes of at least 4 members (excludes halogenated alkanes) is 8. The van der Waals surface area contributed by atoms with Crippen LogP contribution in [0.25, 0.3) is 0 Å². The van der Waals surface area contributed by atoms with Crippen molar-refractivity contribution in [3.63, 3.8) is 0 Å². The molecule has 0 aliphatic rings. The molecule has 0 saturated carbocycles. The lowest BCUT2D eigenvalue weighted by Crippen LogP contribution is -2.16. The summed E-state index contributed by atoms with van der Waals surface area (Å²) < 4.78 is 5.45. The molecule has 0 spiro atoms. The summed E-state index contributed by atoms with van der Waals surface area (Å²) in [5.74, 6) is -0.139. The Morgan fingerprint density at radius 2 is 1.59 bits per heavy atom. The molecule has 0 saturated heterocycles. The van der Waals surface area contributed by atoms with E-state index in [1.54, 1.807) is 0 Å². The molecule has 1 atom stereocenters. The van der Waals surface area contributed by atoms with E-state index in [0.717, 1.165) is 32.1 Å². The zero-order chi connectivity index (χ0) is 16.5. The van der Waals surface area contributed by atoms with Gasteiger partial charge in [0.2, 0.25) is 0 Å². The van der Waals surface area contributed by atoms with Crippen LogP contribution in [0.2, 0.25) is 0 Å². The Morgan fingerprint density at radius 3 is 2.18 bits per heavy atom. The topological polar surface area (TPSA) is 26.3 Å². The Kier molecular flexibility index (Phi) is 15.5. The van der Waals surface area contributed by atoms with Crippen molar-refractivity contribution in [2.45, 2.75) is 97.0 Å². The van der Waals surface area contributed by atoms with Crippen molar-refractivity contribution in [2.75, 3.05) is 0 Å². The number of ether oxygens (including phenoxy) is 1. The zero-order valence-corrected chi connectivity index (χ0v) is 14.8. The van der Waals surface area contributed by atoms with Gasteiger partial charge in [-0.05, 0) is 38.5 Å². The third-order valence-corrected chi connectivity index (χ3v) is 3.88. The molecule has 0 fully saturated rings. The average molecular weight is 309 g/mol. The van der Waals surface area contributed by atoms with E-state index in [2.05, 4.69) is 19.6 Å². The van der Waals surface area contributed by atoms with Gasteiger partial charge in [-0.2, -0.15) is 0 Å². The van der Waals surface area contributed by atoms with Gasteiger partial charge in [0.25, 0.3) is 0 Å². The minimum absolute atomic E-state index is 0.122. The Hall–Kier alpha value is -1.05. The van der Waals surface area contributed by atoms with Crippen LogP contribution in [0.1, 0.15) is 90.9 Å². The summed E-state index contributed by atoms with van der Waals surface area (Å²) >= 11 is 0. The summed E-state index contributed by atoms with van der Waals surface area (Å²) in [5, 5.41) is 0. The van der Waals surface area contributed by atoms with Crippen LogP contribution in [0.3, 0.4) is 0 Å². The van der Waals surface area contributed by atoms with Crippen LogP contribution in [-0.4, -0.2) is 12.1 Å². The summed E-state index contributed by atoms with van der Waals surface area (Å²) in [5.41, 5.74) is 0. The van der Waals surface area contributed by atoms with Gasteiger partial charge in [0.1, 0.15) is 6.10 Å². The van der Waals surface area contributed by atoms with Crippen molar-refractivity contribution >= 4 is 5.97 Å². The number of carbonyl (C=O) groups is 1. The van der Waals surface area contributed by atoms with Gasteiger partial charge in [-0.25, -0.2) is 0 Å². The number of rotatable bonds is 15. The van der Waals surface area contributed by atoms with Crippen LogP contribution in [0.15, 0.2) is 24.8 Å². The molecule has 2 heteroatoms. The van der Waals surface area contributed by atoms with Crippen LogP contribution in [0.4, 0.5) is 0 Å². The predicted octanol–water partition coefficient (Wildman–Crippen LogP) is 6.36. The molecular weight excluding hydrogens is 272 g/mol. The number of esters is 1. The smallest absolute Gasteiger partial charge is 0.302 e. The minimum Gasteiger partial charge on any atom is -0.463 e. The van der Waals surface area contributed by atoms with Crippen LogP contribution in [-0.2, 0) is 9.53 Å². The van der Waals surface area contributed by atoms with Gasteiger partial charge in [0.15, 0.2) is 0 Å². The number of allylic oxidation sites excluding steroid dienone is 3. The summed E-state index contributed by atoms with van der Waals surface area (Å²) in [7, 11) is 0. The highest BCUT2D eigenvalue weighted by molar-refractivity contribution is 5.66. The first-order chi connectivity index (χ1) is 10.7. The molecule has 0 radical (unpaired) electrons. The summed E-state index contributed by atoms with van der Waals surface area (Å²) in [6, 6.07) is 0. The highest BCUT2D eigenvalue weighted by Gasteiger charge is 2.11. The van der Waals surface area contributed by atoms with E-state index in [4.69, 9.17) is 4.74 Å². The first-order valence-corrected chi connectivity index (χ1v) is 9.15. The van der Waals surface area contributed by atoms with Crippen molar-refractivity contribution < 1.29 is 9.53 Å². The van der Waals surface area contributed by atoms with Gasteiger partial charge in [-0.1, -0.05) is 70.3 Å². The lowest BCUT2D eigenvalue weighted by Gasteiger charge is -2.16. The zero-order valence-electron chi connectivity index (χ0n) is 14.8. The lowest BCUT2D eigenvalue weighted by molar-refractivity contribution is -0.147. The molecule has 2 nitrogen and oxygen atoms in total. The molecule has 128 valence electrons. The van der Waals surface area contributed by atoms with Crippen molar-refractivity contribution in [1.82, 2.24) is 0 Å². The van der Waals surface area contributed by atoms with Gasteiger partial charge in [0, 0.05) is 6.92 Å². The molecule has 1 unspecified atom stereocenters. The second kappa shape index (κ2) is 16.3.